The molecule has 0 saturated heterocycles. The standard InChI is InChI=1S/C7H8O3/c8-4-5-2-1-3-6(9)7(5)10/h1-2,4,6,9-10H,3H2. The van der Waals surface area contributed by atoms with Crippen LogP contribution in [-0.2, 0) is 4.79 Å². The third-order valence-corrected chi connectivity index (χ3v) is 1.40. The monoisotopic (exact) mass is 140 g/mol. The Morgan fingerprint density at radius 2 is 2.40 bits per heavy atom. The van der Waals surface area contributed by atoms with E-state index in [0.29, 0.717) is 12.7 Å². The van der Waals surface area contributed by atoms with Crippen LogP contribution in [0.15, 0.2) is 23.5 Å². The highest BCUT2D eigenvalue weighted by Crippen LogP contribution is 2.14. The molecule has 0 fully saturated rings. The van der Waals surface area contributed by atoms with Crippen LogP contribution in [-0.4, -0.2) is 22.6 Å². The summed E-state index contributed by atoms with van der Waals surface area (Å²) in [7, 11) is 0. The normalized spacial score (nSPS) is 25.1. The summed E-state index contributed by atoms with van der Waals surface area (Å²) in [5.41, 5.74) is 0.166. The summed E-state index contributed by atoms with van der Waals surface area (Å²) in [6.45, 7) is 0. The van der Waals surface area contributed by atoms with E-state index in [0.717, 1.165) is 0 Å². The highest BCUT2D eigenvalue weighted by Gasteiger charge is 2.15. The van der Waals surface area contributed by atoms with Gasteiger partial charge in [0.2, 0.25) is 0 Å². The zero-order valence-electron chi connectivity index (χ0n) is 5.32. The molecule has 10 heavy (non-hydrogen) atoms. The number of aldehydes is 1. The van der Waals surface area contributed by atoms with Gasteiger partial charge in [0.05, 0.1) is 5.57 Å². The van der Waals surface area contributed by atoms with Crippen molar-refractivity contribution in [3.05, 3.63) is 23.5 Å². The molecule has 0 saturated carbocycles. The molecule has 3 nitrogen and oxygen atoms in total. The van der Waals surface area contributed by atoms with Gasteiger partial charge in [-0.3, -0.25) is 4.79 Å². The van der Waals surface area contributed by atoms with Gasteiger partial charge in [-0.25, -0.2) is 0 Å². The van der Waals surface area contributed by atoms with Crippen molar-refractivity contribution in [1.82, 2.24) is 0 Å². The van der Waals surface area contributed by atoms with Crippen molar-refractivity contribution < 1.29 is 15.0 Å². The number of allylic oxidation sites excluding steroid dienone is 2. The maximum atomic E-state index is 10.1. The first kappa shape index (κ1) is 7.02. The Hall–Kier alpha value is -1.09. The molecule has 0 aliphatic heterocycles. The van der Waals surface area contributed by atoms with Gasteiger partial charge in [-0.05, 0) is 6.42 Å². The maximum absolute atomic E-state index is 10.1. The van der Waals surface area contributed by atoms with Crippen LogP contribution < -0.4 is 0 Å². The molecule has 1 aliphatic rings. The highest BCUT2D eigenvalue weighted by molar-refractivity contribution is 5.78. The second kappa shape index (κ2) is 2.66. The maximum Gasteiger partial charge on any atom is 0.153 e. The highest BCUT2D eigenvalue weighted by atomic mass is 16.3. The predicted molar refractivity (Wildman–Crippen MR) is 35.5 cm³/mol. The lowest BCUT2D eigenvalue weighted by atomic mass is 10.0. The molecule has 0 bridgehead atoms. The molecule has 3 heteroatoms. The lowest BCUT2D eigenvalue weighted by Crippen LogP contribution is -2.14. The van der Waals surface area contributed by atoms with Crippen LogP contribution in [0.1, 0.15) is 6.42 Å². The minimum Gasteiger partial charge on any atom is -0.509 e. The lowest BCUT2D eigenvalue weighted by molar-refractivity contribution is -0.104. The third kappa shape index (κ3) is 1.09. The van der Waals surface area contributed by atoms with Crippen molar-refractivity contribution in [2.45, 2.75) is 12.5 Å². The largest absolute Gasteiger partial charge is 0.509 e. The van der Waals surface area contributed by atoms with Crippen molar-refractivity contribution in [2.75, 3.05) is 0 Å². The molecule has 1 unspecified atom stereocenters. The van der Waals surface area contributed by atoms with Crippen LogP contribution in [0.5, 0.6) is 0 Å². The molecule has 0 aromatic rings. The third-order valence-electron chi connectivity index (χ3n) is 1.40. The first-order valence-electron chi connectivity index (χ1n) is 2.98. The fourth-order valence-electron chi connectivity index (χ4n) is 0.813. The molecule has 0 aromatic carbocycles. The second-order valence-electron chi connectivity index (χ2n) is 2.11. The number of aliphatic hydroxyl groups excluding tert-OH is 2. The fraction of sp³-hybridized carbons (Fsp3) is 0.286. The molecule has 1 aliphatic carbocycles. The van der Waals surface area contributed by atoms with Crippen molar-refractivity contribution in [1.29, 1.82) is 0 Å². The minimum atomic E-state index is -0.898. The van der Waals surface area contributed by atoms with E-state index >= 15 is 0 Å². The van der Waals surface area contributed by atoms with Crippen molar-refractivity contribution in [2.24, 2.45) is 0 Å². The first-order valence-corrected chi connectivity index (χ1v) is 2.98. The molecule has 0 amide bonds. The van der Waals surface area contributed by atoms with Crippen LogP contribution in [0, 0.1) is 0 Å². The van der Waals surface area contributed by atoms with E-state index in [-0.39, 0.29) is 11.3 Å². The molecular formula is C7H8O3. The van der Waals surface area contributed by atoms with E-state index < -0.39 is 6.10 Å². The number of hydrogen-bond donors (Lipinski definition) is 2. The molecule has 1 atom stereocenters. The predicted octanol–water partition coefficient (Wildman–Crippen LogP) is 0.318. The minimum absolute atomic E-state index is 0.166. The van der Waals surface area contributed by atoms with Gasteiger partial charge in [0.15, 0.2) is 6.29 Å². The summed E-state index contributed by atoms with van der Waals surface area (Å²) in [6.07, 6.45) is 3.14. The van der Waals surface area contributed by atoms with E-state index in [1.54, 1.807) is 6.08 Å². The number of hydrogen-bond acceptors (Lipinski definition) is 3. The molecule has 54 valence electrons. The summed E-state index contributed by atoms with van der Waals surface area (Å²) in [4.78, 5) is 10.1. The SMILES string of the molecule is O=CC1=C(O)C(O)CC=C1. The van der Waals surface area contributed by atoms with E-state index in [1.165, 1.54) is 6.08 Å². The molecule has 0 radical (unpaired) electrons. The van der Waals surface area contributed by atoms with E-state index in [1.807, 2.05) is 0 Å². The Balaban J connectivity index is 2.92. The van der Waals surface area contributed by atoms with Gasteiger partial charge in [0.1, 0.15) is 11.9 Å². The summed E-state index contributed by atoms with van der Waals surface area (Å²) in [6, 6.07) is 0. The Bertz CT molecular complexity index is 203. The van der Waals surface area contributed by atoms with Gasteiger partial charge in [0.25, 0.3) is 0 Å². The van der Waals surface area contributed by atoms with E-state index in [9.17, 15) is 4.79 Å². The molecule has 0 heterocycles. The average molecular weight is 140 g/mol. The Morgan fingerprint density at radius 1 is 1.70 bits per heavy atom. The number of aliphatic hydroxyl groups is 2. The van der Waals surface area contributed by atoms with E-state index in [2.05, 4.69) is 0 Å². The molecule has 0 spiro atoms. The second-order valence-corrected chi connectivity index (χ2v) is 2.11. The van der Waals surface area contributed by atoms with Crippen LogP contribution in [0.25, 0.3) is 0 Å². The zero-order valence-corrected chi connectivity index (χ0v) is 5.32. The smallest absolute Gasteiger partial charge is 0.153 e. The van der Waals surface area contributed by atoms with E-state index in [4.69, 9.17) is 10.2 Å². The lowest BCUT2D eigenvalue weighted by Gasteiger charge is -2.11. The van der Waals surface area contributed by atoms with Gasteiger partial charge in [-0.15, -0.1) is 0 Å². The Morgan fingerprint density at radius 3 is 2.90 bits per heavy atom. The Kier molecular flexibility index (Phi) is 1.87. The van der Waals surface area contributed by atoms with Crippen molar-refractivity contribution in [3.8, 4) is 0 Å². The fourth-order valence-corrected chi connectivity index (χ4v) is 0.813. The van der Waals surface area contributed by atoms with Crippen LogP contribution >= 0.6 is 0 Å². The molecule has 2 N–H and O–H groups in total. The van der Waals surface area contributed by atoms with Gasteiger partial charge < -0.3 is 10.2 Å². The van der Waals surface area contributed by atoms with Crippen LogP contribution in [0.3, 0.4) is 0 Å². The van der Waals surface area contributed by atoms with Crippen molar-refractivity contribution >= 4 is 6.29 Å². The van der Waals surface area contributed by atoms with Gasteiger partial charge >= 0.3 is 0 Å². The summed E-state index contributed by atoms with van der Waals surface area (Å²) < 4.78 is 0. The van der Waals surface area contributed by atoms with Gasteiger partial charge in [-0.2, -0.15) is 0 Å². The average Bonchev–Trinajstić information content (AvgIpc) is 1.95. The summed E-state index contributed by atoms with van der Waals surface area (Å²) in [5.74, 6) is -0.225. The Labute approximate surface area is 58.3 Å². The van der Waals surface area contributed by atoms with Crippen molar-refractivity contribution in [3.63, 3.8) is 0 Å². The van der Waals surface area contributed by atoms with Gasteiger partial charge in [0, 0.05) is 0 Å². The van der Waals surface area contributed by atoms with Crippen LogP contribution in [0.2, 0.25) is 0 Å². The molecule has 1 rings (SSSR count). The van der Waals surface area contributed by atoms with Gasteiger partial charge in [-0.1, -0.05) is 12.2 Å². The molecule has 0 aromatic heterocycles. The number of carbonyl (C=O) groups is 1. The quantitative estimate of drug-likeness (QED) is 0.515. The zero-order chi connectivity index (χ0) is 7.56. The number of carbonyl (C=O) groups excluding carboxylic acids is 1. The topological polar surface area (TPSA) is 57.5 Å². The number of rotatable bonds is 1. The summed E-state index contributed by atoms with van der Waals surface area (Å²) >= 11 is 0. The summed E-state index contributed by atoms with van der Waals surface area (Å²) in [5, 5.41) is 17.9. The molecular weight excluding hydrogens is 132 g/mol. The van der Waals surface area contributed by atoms with Crippen LogP contribution in [0.4, 0.5) is 0 Å². The first-order chi connectivity index (χ1) is 4.75.